The van der Waals surface area contributed by atoms with Crippen LogP contribution < -0.4 is 0 Å². The number of amides is 1. The van der Waals surface area contributed by atoms with Crippen molar-refractivity contribution in [2.75, 3.05) is 13.1 Å². The van der Waals surface area contributed by atoms with E-state index < -0.39 is 0 Å². The number of hydrogen-bond donors (Lipinski definition) is 0. The summed E-state index contributed by atoms with van der Waals surface area (Å²) in [7, 11) is 0. The van der Waals surface area contributed by atoms with Crippen LogP contribution in [0.5, 0.6) is 0 Å². The van der Waals surface area contributed by atoms with E-state index in [-0.39, 0.29) is 12.5 Å². The van der Waals surface area contributed by atoms with Crippen LogP contribution in [0.3, 0.4) is 0 Å². The molecule has 0 bridgehead atoms. The Morgan fingerprint density at radius 2 is 2.00 bits per heavy atom. The lowest BCUT2D eigenvalue weighted by atomic mass is 10.1. The molecule has 116 valence electrons. The summed E-state index contributed by atoms with van der Waals surface area (Å²) in [6.07, 6.45) is 3.53. The highest BCUT2D eigenvalue weighted by molar-refractivity contribution is 8.00. The highest BCUT2D eigenvalue weighted by Gasteiger charge is 2.23. The van der Waals surface area contributed by atoms with Crippen molar-refractivity contribution in [3.8, 4) is 0 Å². The minimum Gasteiger partial charge on any atom is -0.341 e. The van der Waals surface area contributed by atoms with Crippen molar-refractivity contribution < 1.29 is 4.79 Å². The van der Waals surface area contributed by atoms with Crippen molar-refractivity contribution in [1.82, 2.24) is 25.1 Å². The first-order chi connectivity index (χ1) is 10.7. The van der Waals surface area contributed by atoms with Crippen LogP contribution in [0.2, 0.25) is 0 Å². The van der Waals surface area contributed by atoms with Crippen molar-refractivity contribution in [3.63, 3.8) is 0 Å². The molecule has 2 aromatic rings. The van der Waals surface area contributed by atoms with Gasteiger partial charge < -0.3 is 4.90 Å². The number of nitrogens with zero attached hydrogens (tertiary/aromatic N) is 5. The first-order valence-corrected chi connectivity index (χ1v) is 8.30. The zero-order valence-electron chi connectivity index (χ0n) is 12.6. The van der Waals surface area contributed by atoms with Gasteiger partial charge in [0.05, 0.1) is 0 Å². The normalized spacial score (nSPS) is 16.0. The summed E-state index contributed by atoms with van der Waals surface area (Å²) < 4.78 is 1.47. The monoisotopic (exact) mass is 317 g/mol. The Morgan fingerprint density at radius 3 is 2.64 bits per heavy atom. The molecule has 1 amide bonds. The highest BCUT2D eigenvalue weighted by atomic mass is 32.2. The fourth-order valence-electron chi connectivity index (χ4n) is 2.52. The molecule has 0 unspecified atom stereocenters. The van der Waals surface area contributed by atoms with Crippen molar-refractivity contribution in [3.05, 3.63) is 36.2 Å². The average Bonchev–Trinajstić information content (AvgIpc) is 3.03. The van der Waals surface area contributed by atoms with E-state index in [9.17, 15) is 4.79 Å². The Hall–Kier alpha value is -1.89. The topological polar surface area (TPSA) is 63.9 Å². The number of benzene rings is 1. The lowest BCUT2D eigenvalue weighted by molar-refractivity contribution is -0.132. The predicted molar refractivity (Wildman–Crippen MR) is 84.5 cm³/mol. The zero-order chi connectivity index (χ0) is 15.4. The van der Waals surface area contributed by atoms with Gasteiger partial charge in [-0.2, -0.15) is 0 Å². The Kier molecular flexibility index (Phi) is 4.72. The molecule has 1 saturated heterocycles. The molecule has 0 radical (unpaired) electrons. The van der Waals surface area contributed by atoms with Gasteiger partial charge in [0, 0.05) is 23.2 Å². The number of piperidine rings is 1. The number of aryl methyl sites for hydroxylation is 1. The molecule has 3 rings (SSSR count). The molecule has 1 aromatic heterocycles. The number of thioether (sulfide) groups is 1. The third-order valence-electron chi connectivity index (χ3n) is 3.81. The van der Waals surface area contributed by atoms with Gasteiger partial charge in [0.15, 0.2) is 0 Å². The number of rotatable bonds is 4. The van der Waals surface area contributed by atoms with Gasteiger partial charge in [0.1, 0.15) is 12.9 Å². The van der Waals surface area contributed by atoms with Crippen LogP contribution in [0.1, 0.15) is 18.4 Å². The summed E-state index contributed by atoms with van der Waals surface area (Å²) in [6.45, 7) is 3.95. The first kappa shape index (κ1) is 15.0. The third-order valence-corrected chi connectivity index (χ3v) is 5.16. The van der Waals surface area contributed by atoms with E-state index >= 15 is 0 Å². The second kappa shape index (κ2) is 6.91. The quantitative estimate of drug-likeness (QED) is 0.860. The van der Waals surface area contributed by atoms with Crippen LogP contribution in [-0.4, -0.2) is 49.4 Å². The van der Waals surface area contributed by atoms with Gasteiger partial charge in [-0.3, -0.25) is 4.79 Å². The summed E-state index contributed by atoms with van der Waals surface area (Å²) in [5.74, 6) is 0.0890. The first-order valence-electron chi connectivity index (χ1n) is 7.42. The van der Waals surface area contributed by atoms with Gasteiger partial charge in [0.2, 0.25) is 5.91 Å². The molecular weight excluding hydrogens is 298 g/mol. The zero-order valence-corrected chi connectivity index (χ0v) is 13.4. The summed E-state index contributed by atoms with van der Waals surface area (Å²) in [5.41, 5.74) is 1.28. The summed E-state index contributed by atoms with van der Waals surface area (Å²) >= 11 is 1.92. The second-order valence-corrected chi connectivity index (χ2v) is 6.89. The molecule has 0 spiro atoms. The van der Waals surface area contributed by atoms with Crippen LogP contribution in [0.25, 0.3) is 0 Å². The summed E-state index contributed by atoms with van der Waals surface area (Å²) in [4.78, 5) is 15.4. The van der Waals surface area contributed by atoms with Gasteiger partial charge in [-0.1, -0.05) is 17.7 Å². The van der Waals surface area contributed by atoms with Crippen LogP contribution in [0.4, 0.5) is 0 Å². The molecule has 0 N–H and O–H groups in total. The standard InChI is InChI=1S/C15H19N5OS/c1-12-2-4-13(5-3-12)22-14-6-8-19(9-7-14)15(21)10-20-11-16-17-18-20/h2-5,11,14H,6-10H2,1H3. The maximum atomic E-state index is 12.2. The molecule has 0 aliphatic carbocycles. The van der Waals surface area contributed by atoms with Crippen LogP contribution in [-0.2, 0) is 11.3 Å². The molecule has 22 heavy (non-hydrogen) atoms. The third kappa shape index (κ3) is 3.85. The molecule has 1 aliphatic heterocycles. The molecule has 2 heterocycles. The lowest BCUT2D eigenvalue weighted by Gasteiger charge is -2.31. The van der Waals surface area contributed by atoms with Crippen molar-refractivity contribution in [2.24, 2.45) is 0 Å². The Morgan fingerprint density at radius 1 is 1.27 bits per heavy atom. The molecule has 0 saturated carbocycles. The molecule has 7 heteroatoms. The Balaban J connectivity index is 1.47. The minimum absolute atomic E-state index is 0.0890. The van der Waals surface area contributed by atoms with Crippen LogP contribution in [0, 0.1) is 6.92 Å². The average molecular weight is 317 g/mol. The highest BCUT2D eigenvalue weighted by Crippen LogP contribution is 2.30. The summed E-state index contributed by atoms with van der Waals surface area (Å²) in [5, 5.41) is 11.4. The van der Waals surface area contributed by atoms with Crippen molar-refractivity contribution in [2.45, 2.75) is 36.5 Å². The van der Waals surface area contributed by atoms with Gasteiger partial charge in [-0.05, 0) is 42.3 Å². The van der Waals surface area contributed by atoms with Crippen molar-refractivity contribution >= 4 is 17.7 Å². The second-order valence-electron chi connectivity index (χ2n) is 5.52. The summed E-state index contributed by atoms with van der Waals surface area (Å²) in [6, 6.07) is 8.64. The molecule has 1 aliphatic rings. The van der Waals surface area contributed by atoms with E-state index in [0.29, 0.717) is 5.25 Å². The van der Waals surface area contributed by atoms with E-state index in [1.165, 1.54) is 21.5 Å². The Labute approximate surface area is 133 Å². The van der Waals surface area contributed by atoms with Crippen LogP contribution in [0.15, 0.2) is 35.5 Å². The van der Waals surface area contributed by atoms with Crippen LogP contribution >= 0.6 is 11.8 Å². The van der Waals surface area contributed by atoms with Gasteiger partial charge in [-0.25, -0.2) is 4.68 Å². The van der Waals surface area contributed by atoms with Gasteiger partial charge >= 0.3 is 0 Å². The van der Waals surface area contributed by atoms with E-state index in [1.54, 1.807) is 0 Å². The lowest BCUT2D eigenvalue weighted by Crippen LogP contribution is -2.41. The van der Waals surface area contributed by atoms with E-state index in [1.807, 2.05) is 16.7 Å². The maximum Gasteiger partial charge on any atom is 0.244 e. The Bertz CT molecular complexity index is 605. The number of likely N-dealkylation sites (tertiary alicyclic amines) is 1. The van der Waals surface area contributed by atoms with E-state index in [4.69, 9.17) is 0 Å². The number of carbonyl (C=O) groups is 1. The largest absolute Gasteiger partial charge is 0.341 e. The molecular formula is C15H19N5OS. The van der Waals surface area contributed by atoms with E-state index in [2.05, 4.69) is 46.7 Å². The maximum absolute atomic E-state index is 12.2. The number of aromatic nitrogens is 4. The number of carbonyl (C=O) groups excluding carboxylic acids is 1. The fourth-order valence-corrected chi connectivity index (χ4v) is 3.65. The molecule has 1 aromatic carbocycles. The molecule has 6 nitrogen and oxygen atoms in total. The van der Waals surface area contributed by atoms with Gasteiger partial charge in [0.25, 0.3) is 0 Å². The number of tetrazole rings is 1. The smallest absolute Gasteiger partial charge is 0.244 e. The van der Waals surface area contributed by atoms with E-state index in [0.717, 1.165) is 25.9 Å². The fraction of sp³-hybridized carbons (Fsp3) is 0.467. The minimum atomic E-state index is 0.0890. The van der Waals surface area contributed by atoms with Gasteiger partial charge in [-0.15, -0.1) is 16.9 Å². The number of hydrogen-bond acceptors (Lipinski definition) is 5. The molecule has 1 fully saturated rings. The molecule has 0 atom stereocenters. The SMILES string of the molecule is Cc1ccc(SC2CCN(C(=O)Cn3cnnn3)CC2)cc1. The van der Waals surface area contributed by atoms with Crippen molar-refractivity contribution in [1.29, 1.82) is 0 Å². The predicted octanol–water partition coefficient (Wildman–Crippen LogP) is 1.76.